The minimum Gasteiger partial charge on any atom is -0.324 e. The average molecular weight is 275 g/mol. The molecular weight excluding hydrogens is 253 g/mol. The van der Waals surface area contributed by atoms with Gasteiger partial charge in [-0.2, -0.15) is 0 Å². The highest BCUT2D eigenvalue weighted by Crippen LogP contribution is 2.33. The van der Waals surface area contributed by atoms with Crippen molar-refractivity contribution < 1.29 is 4.39 Å². The Morgan fingerprint density at radius 2 is 2.15 bits per heavy atom. The second-order valence-corrected chi connectivity index (χ2v) is 6.25. The zero-order valence-corrected chi connectivity index (χ0v) is 12.4. The molecular formula is C16H22FN3. The van der Waals surface area contributed by atoms with Crippen LogP contribution in [0.2, 0.25) is 0 Å². The summed E-state index contributed by atoms with van der Waals surface area (Å²) in [7, 11) is 0. The summed E-state index contributed by atoms with van der Waals surface area (Å²) in [5.41, 5.74) is 1.66. The molecule has 20 heavy (non-hydrogen) atoms. The third-order valence-corrected chi connectivity index (χ3v) is 4.28. The molecule has 1 aromatic heterocycles. The van der Waals surface area contributed by atoms with Crippen molar-refractivity contribution in [2.24, 2.45) is 0 Å². The Bertz CT molecular complexity index is 624. The van der Waals surface area contributed by atoms with Crippen molar-refractivity contribution in [2.45, 2.75) is 51.6 Å². The first-order valence-corrected chi connectivity index (χ1v) is 7.44. The molecule has 0 bridgehead atoms. The van der Waals surface area contributed by atoms with Gasteiger partial charge in [0.1, 0.15) is 11.6 Å². The summed E-state index contributed by atoms with van der Waals surface area (Å²) in [5, 5.41) is 3.61. The van der Waals surface area contributed by atoms with Gasteiger partial charge in [0.2, 0.25) is 0 Å². The summed E-state index contributed by atoms with van der Waals surface area (Å²) < 4.78 is 15.7. The molecule has 0 aliphatic carbocycles. The van der Waals surface area contributed by atoms with Crippen LogP contribution in [-0.2, 0) is 5.54 Å². The third-order valence-electron chi connectivity index (χ3n) is 4.28. The van der Waals surface area contributed by atoms with Crippen LogP contribution in [0.25, 0.3) is 11.0 Å². The van der Waals surface area contributed by atoms with Crippen molar-refractivity contribution in [3.63, 3.8) is 0 Å². The number of imidazole rings is 1. The number of piperidine rings is 1. The van der Waals surface area contributed by atoms with Crippen molar-refractivity contribution in [3.05, 3.63) is 29.8 Å². The quantitative estimate of drug-likeness (QED) is 0.904. The van der Waals surface area contributed by atoms with Crippen LogP contribution in [0, 0.1) is 5.82 Å². The predicted molar refractivity (Wildman–Crippen MR) is 79.3 cm³/mol. The molecule has 4 heteroatoms. The number of nitrogens with one attached hydrogen (secondary N) is 1. The highest BCUT2D eigenvalue weighted by molar-refractivity contribution is 5.76. The molecule has 0 amide bonds. The van der Waals surface area contributed by atoms with E-state index in [1.165, 1.54) is 25.0 Å². The van der Waals surface area contributed by atoms with Gasteiger partial charge in [-0.1, -0.05) is 0 Å². The van der Waals surface area contributed by atoms with Crippen LogP contribution >= 0.6 is 0 Å². The molecule has 0 saturated carbocycles. The van der Waals surface area contributed by atoms with Crippen LogP contribution in [0.15, 0.2) is 18.2 Å². The highest BCUT2D eigenvalue weighted by Gasteiger charge is 2.34. The van der Waals surface area contributed by atoms with Gasteiger partial charge in [0.25, 0.3) is 0 Å². The lowest BCUT2D eigenvalue weighted by atomic mass is 9.90. The number of fused-ring (bicyclic) bond motifs is 1. The number of aromatic nitrogens is 2. The first-order chi connectivity index (χ1) is 9.51. The van der Waals surface area contributed by atoms with E-state index in [9.17, 15) is 4.39 Å². The lowest BCUT2D eigenvalue weighted by molar-refractivity contribution is 0.258. The summed E-state index contributed by atoms with van der Waals surface area (Å²) in [6, 6.07) is 5.20. The first kappa shape index (κ1) is 13.6. The Labute approximate surface area is 119 Å². The van der Waals surface area contributed by atoms with Gasteiger partial charge in [0, 0.05) is 12.1 Å². The van der Waals surface area contributed by atoms with Gasteiger partial charge >= 0.3 is 0 Å². The molecule has 1 saturated heterocycles. The largest absolute Gasteiger partial charge is 0.324 e. The Balaban J connectivity index is 2.21. The first-order valence-electron chi connectivity index (χ1n) is 7.44. The second kappa shape index (κ2) is 4.85. The third kappa shape index (κ3) is 2.12. The van der Waals surface area contributed by atoms with Gasteiger partial charge in [-0.25, -0.2) is 9.37 Å². The van der Waals surface area contributed by atoms with Crippen LogP contribution in [0.4, 0.5) is 4.39 Å². The number of benzene rings is 1. The molecule has 1 aliphatic rings. The van der Waals surface area contributed by atoms with E-state index in [1.54, 1.807) is 0 Å². The number of hydrogen-bond donors (Lipinski definition) is 1. The summed E-state index contributed by atoms with van der Waals surface area (Å²) >= 11 is 0. The predicted octanol–water partition coefficient (Wildman–Crippen LogP) is 3.75. The SMILES string of the molecule is CC(C)n1c(C2(C)CCCCN2)nc2cc(F)ccc21. The molecule has 2 heterocycles. The molecule has 0 spiro atoms. The van der Waals surface area contributed by atoms with Gasteiger partial charge in [0.05, 0.1) is 16.6 Å². The molecule has 1 N–H and O–H groups in total. The fourth-order valence-corrected chi connectivity index (χ4v) is 3.23. The molecule has 2 aromatic rings. The molecule has 108 valence electrons. The van der Waals surface area contributed by atoms with Gasteiger partial charge in [-0.05, 0) is 58.7 Å². The highest BCUT2D eigenvalue weighted by atomic mass is 19.1. The monoisotopic (exact) mass is 275 g/mol. The zero-order valence-electron chi connectivity index (χ0n) is 12.4. The Morgan fingerprint density at radius 3 is 2.80 bits per heavy atom. The van der Waals surface area contributed by atoms with Crippen LogP contribution in [0.3, 0.4) is 0 Å². The van der Waals surface area contributed by atoms with E-state index in [-0.39, 0.29) is 11.4 Å². The standard InChI is InChI=1S/C16H22FN3/c1-11(2)20-14-7-6-12(17)10-13(14)19-15(20)16(3)8-4-5-9-18-16/h6-7,10-11,18H,4-5,8-9H2,1-3H3. The van der Waals surface area contributed by atoms with Crippen molar-refractivity contribution in [1.82, 2.24) is 14.9 Å². The van der Waals surface area contributed by atoms with Crippen molar-refractivity contribution in [2.75, 3.05) is 6.54 Å². The van der Waals surface area contributed by atoms with Crippen LogP contribution in [0.5, 0.6) is 0 Å². The van der Waals surface area contributed by atoms with Crippen molar-refractivity contribution >= 4 is 11.0 Å². The summed E-state index contributed by atoms with van der Waals surface area (Å²) in [4.78, 5) is 4.75. The molecule has 1 aromatic carbocycles. The molecule has 0 radical (unpaired) electrons. The lowest BCUT2D eigenvalue weighted by Gasteiger charge is -2.35. The van der Waals surface area contributed by atoms with Crippen LogP contribution in [0.1, 0.15) is 51.9 Å². The number of rotatable bonds is 2. The molecule has 1 aliphatic heterocycles. The maximum absolute atomic E-state index is 13.5. The molecule has 3 rings (SSSR count). The molecule has 3 nitrogen and oxygen atoms in total. The second-order valence-electron chi connectivity index (χ2n) is 6.25. The smallest absolute Gasteiger partial charge is 0.130 e. The summed E-state index contributed by atoms with van der Waals surface area (Å²) in [6.07, 6.45) is 3.50. The number of halogens is 1. The minimum atomic E-state index is -0.223. The van der Waals surface area contributed by atoms with Crippen LogP contribution < -0.4 is 5.32 Å². The molecule has 1 atom stereocenters. The van der Waals surface area contributed by atoms with Gasteiger partial charge in [0.15, 0.2) is 0 Å². The molecule has 1 fully saturated rings. The van der Waals surface area contributed by atoms with E-state index in [1.807, 2.05) is 6.07 Å². The Kier molecular flexibility index (Phi) is 3.28. The van der Waals surface area contributed by atoms with Gasteiger partial charge in [-0.15, -0.1) is 0 Å². The lowest BCUT2D eigenvalue weighted by Crippen LogP contribution is -2.45. The van der Waals surface area contributed by atoms with Crippen LogP contribution in [-0.4, -0.2) is 16.1 Å². The normalized spacial score (nSPS) is 23.6. The van der Waals surface area contributed by atoms with E-state index in [0.717, 1.165) is 29.8 Å². The van der Waals surface area contributed by atoms with E-state index >= 15 is 0 Å². The zero-order chi connectivity index (χ0) is 14.3. The van der Waals surface area contributed by atoms with Gasteiger partial charge in [-0.3, -0.25) is 0 Å². The van der Waals surface area contributed by atoms with E-state index in [2.05, 4.69) is 30.7 Å². The topological polar surface area (TPSA) is 29.9 Å². The maximum Gasteiger partial charge on any atom is 0.130 e. The summed E-state index contributed by atoms with van der Waals surface area (Å²) in [6.45, 7) is 7.54. The van der Waals surface area contributed by atoms with E-state index in [0.29, 0.717) is 6.04 Å². The number of nitrogens with zero attached hydrogens (tertiary/aromatic N) is 2. The maximum atomic E-state index is 13.5. The fourth-order valence-electron chi connectivity index (χ4n) is 3.23. The fraction of sp³-hybridized carbons (Fsp3) is 0.562. The average Bonchev–Trinajstić information content (AvgIpc) is 2.78. The van der Waals surface area contributed by atoms with Crippen molar-refractivity contribution in [3.8, 4) is 0 Å². The molecule has 1 unspecified atom stereocenters. The Hall–Kier alpha value is -1.42. The van der Waals surface area contributed by atoms with E-state index in [4.69, 9.17) is 4.98 Å². The minimum absolute atomic E-state index is 0.113. The summed E-state index contributed by atoms with van der Waals surface area (Å²) in [5.74, 6) is 0.812. The van der Waals surface area contributed by atoms with Gasteiger partial charge < -0.3 is 9.88 Å². The van der Waals surface area contributed by atoms with E-state index < -0.39 is 0 Å². The number of hydrogen-bond acceptors (Lipinski definition) is 2. The Morgan fingerprint density at radius 1 is 1.35 bits per heavy atom. The van der Waals surface area contributed by atoms with Crippen molar-refractivity contribution in [1.29, 1.82) is 0 Å².